The summed E-state index contributed by atoms with van der Waals surface area (Å²) in [5.74, 6) is -4.99. The van der Waals surface area contributed by atoms with E-state index in [9.17, 15) is 45.1 Å². The molecule has 2 aromatic carbocycles. The number of ether oxygens (including phenoxy) is 1. The number of rotatable bonds is 6. The van der Waals surface area contributed by atoms with E-state index in [4.69, 9.17) is 4.74 Å². The Kier molecular flexibility index (Phi) is 8.99. The summed E-state index contributed by atoms with van der Waals surface area (Å²) in [6.07, 6.45) is -9.00. The van der Waals surface area contributed by atoms with Crippen molar-refractivity contribution in [2.45, 2.75) is 63.8 Å². The van der Waals surface area contributed by atoms with Crippen LogP contribution in [0, 0.1) is 18.7 Å². The molecule has 14 heteroatoms. The molecule has 0 spiro atoms. The number of carbonyl (C=O) groups is 3. The number of aromatic nitrogens is 1. The predicted octanol–water partition coefficient (Wildman–Crippen LogP) is 6.96. The Bertz CT molecular complexity index is 1720. The van der Waals surface area contributed by atoms with Crippen LogP contribution in [-0.4, -0.2) is 42.5 Å². The van der Waals surface area contributed by atoms with Gasteiger partial charge < -0.3 is 15.0 Å². The smallest absolute Gasteiger partial charge is 0.416 e. The van der Waals surface area contributed by atoms with Crippen LogP contribution in [0.2, 0.25) is 0 Å². The van der Waals surface area contributed by atoms with Crippen molar-refractivity contribution in [2.75, 3.05) is 19.1 Å². The predicted molar refractivity (Wildman–Crippen MR) is 158 cm³/mol. The lowest BCUT2D eigenvalue weighted by Gasteiger charge is -2.33. The number of nitrogens with one attached hydrogen (secondary N) is 1. The van der Waals surface area contributed by atoms with Crippen molar-refractivity contribution in [3.63, 3.8) is 0 Å². The summed E-state index contributed by atoms with van der Waals surface area (Å²) in [6.45, 7) is 7.35. The van der Waals surface area contributed by atoms with E-state index in [0.29, 0.717) is 23.3 Å². The van der Waals surface area contributed by atoms with E-state index in [1.165, 1.54) is 51.4 Å². The average Bonchev–Trinajstić information content (AvgIpc) is 3.22. The van der Waals surface area contributed by atoms with Gasteiger partial charge in [-0.3, -0.25) is 19.4 Å². The number of hydrogen-bond acceptors (Lipinski definition) is 5. The molecule has 0 radical (unpaired) electrons. The van der Waals surface area contributed by atoms with Crippen LogP contribution in [0.4, 0.5) is 36.4 Å². The highest BCUT2D eigenvalue weighted by molar-refractivity contribution is 6.04. The van der Waals surface area contributed by atoms with Gasteiger partial charge in [0.1, 0.15) is 11.7 Å². The van der Waals surface area contributed by atoms with Gasteiger partial charge in [-0.15, -0.1) is 0 Å². The van der Waals surface area contributed by atoms with Gasteiger partial charge in [-0.25, -0.2) is 4.39 Å². The zero-order chi connectivity index (χ0) is 35.4. The molecule has 0 aliphatic carbocycles. The van der Waals surface area contributed by atoms with Gasteiger partial charge in [-0.2, -0.15) is 26.3 Å². The van der Waals surface area contributed by atoms with E-state index in [0.717, 1.165) is 12.0 Å². The lowest BCUT2D eigenvalue weighted by Crippen LogP contribution is -2.42. The number of benzene rings is 2. The van der Waals surface area contributed by atoms with Crippen LogP contribution in [0.3, 0.4) is 0 Å². The molecule has 7 nitrogen and oxygen atoms in total. The minimum Gasteiger partial charge on any atom is -0.468 e. The number of esters is 1. The van der Waals surface area contributed by atoms with E-state index >= 15 is 0 Å². The van der Waals surface area contributed by atoms with Crippen LogP contribution in [0.5, 0.6) is 0 Å². The maximum absolute atomic E-state index is 14.1. The fraction of sp³-hybridized carbons (Fsp3) is 0.394. The second kappa shape index (κ2) is 11.9. The van der Waals surface area contributed by atoms with Crippen LogP contribution >= 0.6 is 0 Å². The Morgan fingerprint density at radius 2 is 1.47 bits per heavy atom. The van der Waals surface area contributed by atoms with Gasteiger partial charge >= 0.3 is 18.3 Å². The molecule has 1 fully saturated rings. The molecule has 1 N–H and O–H groups in total. The number of hydrogen-bond donors (Lipinski definition) is 1. The minimum atomic E-state index is -5.12. The molecule has 0 saturated carbocycles. The molecule has 1 aliphatic heterocycles. The van der Waals surface area contributed by atoms with E-state index in [2.05, 4.69) is 10.3 Å². The molecule has 47 heavy (non-hydrogen) atoms. The van der Waals surface area contributed by atoms with Crippen molar-refractivity contribution in [3.8, 4) is 11.1 Å². The van der Waals surface area contributed by atoms with Crippen molar-refractivity contribution in [1.82, 2.24) is 10.3 Å². The summed E-state index contributed by atoms with van der Waals surface area (Å²) in [5, 5.41) is 2.75. The standard InChI is InChI=1S/C33H32F7N3O4/c1-16-10-20(34)8-9-21(16)22-14-23(26-25(28(45)47-7)27(44)42-31(26,4)5)41-15-24(22)43(6)29(46)30(2,3)17-11-18(32(35,36)37)13-19(12-17)33(38,39)40/h8-15,25-26H,1-7H3,(H,42,44). The zero-order valence-corrected chi connectivity index (χ0v) is 26.4. The third kappa shape index (κ3) is 6.68. The molecule has 2 unspecified atom stereocenters. The number of alkyl halides is 6. The topological polar surface area (TPSA) is 88.6 Å². The molecule has 1 saturated heterocycles. The van der Waals surface area contributed by atoms with Crippen LogP contribution < -0.4 is 10.2 Å². The third-order valence-electron chi connectivity index (χ3n) is 8.51. The van der Waals surface area contributed by atoms with Crippen molar-refractivity contribution >= 4 is 23.5 Å². The Balaban J connectivity index is 1.90. The number of pyridine rings is 1. The molecule has 252 valence electrons. The molecule has 0 bridgehead atoms. The normalized spacial score (nSPS) is 18.1. The molecule has 1 aliphatic rings. The lowest BCUT2D eigenvalue weighted by atomic mass is 9.79. The van der Waals surface area contributed by atoms with E-state index in [1.54, 1.807) is 20.8 Å². The average molecular weight is 668 g/mol. The molecule has 2 atom stereocenters. The largest absolute Gasteiger partial charge is 0.468 e. The van der Waals surface area contributed by atoms with Gasteiger partial charge in [0.2, 0.25) is 11.8 Å². The Labute approximate surface area is 266 Å². The number of nitrogens with zero attached hydrogens (tertiary/aromatic N) is 2. The fourth-order valence-electron chi connectivity index (χ4n) is 5.97. The van der Waals surface area contributed by atoms with Gasteiger partial charge in [0.15, 0.2) is 0 Å². The summed E-state index contributed by atoms with van der Waals surface area (Å²) in [5.41, 5.74) is -5.17. The zero-order valence-electron chi connectivity index (χ0n) is 26.4. The third-order valence-corrected chi connectivity index (χ3v) is 8.51. The summed E-state index contributed by atoms with van der Waals surface area (Å²) in [7, 11) is 2.41. The Hall–Kier alpha value is -4.49. The monoisotopic (exact) mass is 667 g/mol. The quantitative estimate of drug-likeness (QED) is 0.175. The molecular weight excluding hydrogens is 635 g/mol. The maximum Gasteiger partial charge on any atom is 0.416 e. The molecular formula is C33H32F7N3O4. The number of amides is 2. The number of carbonyl (C=O) groups excluding carboxylic acids is 3. The number of aryl methyl sites for hydroxylation is 1. The summed E-state index contributed by atoms with van der Waals surface area (Å²) < 4.78 is 101. The molecule has 2 amide bonds. The second-order valence-corrected chi connectivity index (χ2v) is 12.6. The first-order valence-corrected chi connectivity index (χ1v) is 14.2. The van der Waals surface area contributed by atoms with Crippen LogP contribution in [0.25, 0.3) is 11.1 Å². The molecule has 3 aromatic rings. The van der Waals surface area contributed by atoms with E-state index in [1.807, 2.05) is 0 Å². The number of anilines is 1. The van der Waals surface area contributed by atoms with Gasteiger partial charge in [0.05, 0.1) is 35.5 Å². The van der Waals surface area contributed by atoms with Crippen molar-refractivity contribution < 1.29 is 49.9 Å². The molecule has 4 rings (SSSR count). The summed E-state index contributed by atoms with van der Waals surface area (Å²) >= 11 is 0. The fourth-order valence-corrected chi connectivity index (χ4v) is 5.97. The van der Waals surface area contributed by atoms with Gasteiger partial charge in [-0.05, 0) is 87.7 Å². The highest BCUT2D eigenvalue weighted by atomic mass is 19.4. The maximum atomic E-state index is 14.1. The van der Waals surface area contributed by atoms with E-state index < -0.39 is 75.4 Å². The number of halogens is 7. The summed E-state index contributed by atoms with van der Waals surface area (Å²) in [6, 6.07) is 6.34. The minimum absolute atomic E-state index is 0.0163. The van der Waals surface area contributed by atoms with Gasteiger partial charge in [-0.1, -0.05) is 6.07 Å². The summed E-state index contributed by atoms with van der Waals surface area (Å²) in [4.78, 5) is 45.1. The van der Waals surface area contributed by atoms with Crippen molar-refractivity contribution in [2.24, 2.45) is 5.92 Å². The first kappa shape index (κ1) is 35.4. The van der Waals surface area contributed by atoms with E-state index in [-0.39, 0.29) is 23.0 Å². The SMILES string of the molecule is COC(=O)C1C(=O)NC(C)(C)C1c1cc(-c2ccc(F)cc2C)c(N(C)C(=O)C(C)(C)c2cc(C(F)(F)F)cc(C(F)(F)F)c2)cn1. The number of likely N-dealkylation sites (N-methyl/N-ethyl adjacent to an activating group) is 1. The van der Waals surface area contributed by atoms with Gasteiger partial charge in [0.25, 0.3) is 0 Å². The van der Waals surface area contributed by atoms with Crippen LogP contribution in [0.15, 0.2) is 48.7 Å². The number of methoxy groups -OCH3 is 1. The van der Waals surface area contributed by atoms with Gasteiger partial charge in [0, 0.05) is 29.8 Å². The molecule has 1 aromatic heterocycles. The van der Waals surface area contributed by atoms with Crippen molar-refractivity contribution in [1.29, 1.82) is 0 Å². The van der Waals surface area contributed by atoms with Crippen LogP contribution in [0.1, 0.15) is 61.6 Å². The first-order valence-electron chi connectivity index (χ1n) is 14.2. The lowest BCUT2D eigenvalue weighted by molar-refractivity contribution is -0.149. The highest BCUT2D eigenvalue weighted by Crippen LogP contribution is 2.44. The molecule has 2 heterocycles. The Morgan fingerprint density at radius 3 is 1.98 bits per heavy atom. The Morgan fingerprint density at radius 1 is 0.915 bits per heavy atom. The highest BCUT2D eigenvalue weighted by Gasteiger charge is 2.53. The van der Waals surface area contributed by atoms with Crippen molar-refractivity contribution in [3.05, 3.63) is 82.4 Å². The van der Waals surface area contributed by atoms with Crippen LogP contribution in [-0.2, 0) is 36.9 Å². The second-order valence-electron chi connectivity index (χ2n) is 12.6. The first-order chi connectivity index (χ1) is 21.5.